The van der Waals surface area contributed by atoms with Gasteiger partial charge < -0.3 is 11.1 Å². The van der Waals surface area contributed by atoms with Crippen molar-refractivity contribution in [1.29, 1.82) is 0 Å². The summed E-state index contributed by atoms with van der Waals surface area (Å²) in [6.45, 7) is 1.85. The molecule has 1 saturated carbocycles. The van der Waals surface area contributed by atoms with Crippen LogP contribution in [-0.4, -0.2) is 32.2 Å². The van der Waals surface area contributed by atoms with E-state index in [-0.39, 0.29) is 17.7 Å². The first-order valence-corrected chi connectivity index (χ1v) is 7.52. The average Bonchev–Trinajstić information content (AvgIpc) is 2.72. The molecule has 3 N–H and O–H groups in total. The molecule has 2 rings (SSSR count). The lowest BCUT2D eigenvalue weighted by molar-refractivity contribution is -0.130. The zero-order valence-corrected chi connectivity index (χ0v) is 10.7. The molecule has 2 aliphatic rings. The Hall–Kier alpha value is -0.880. The highest BCUT2D eigenvalue weighted by atomic mass is 32.2. The molecule has 1 aliphatic carbocycles. The molecule has 0 bridgehead atoms. The molecule has 0 saturated heterocycles. The summed E-state index contributed by atoms with van der Waals surface area (Å²) in [5, 5.41) is 3.92. The Labute approximate surface area is 101 Å². The molecule has 0 aromatic heterocycles. The minimum Gasteiger partial charge on any atom is -0.348 e. The fourth-order valence-corrected chi connectivity index (χ4v) is 3.71. The van der Waals surface area contributed by atoms with Crippen molar-refractivity contribution < 1.29 is 13.2 Å². The first kappa shape index (κ1) is 12.6. The van der Waals surface area contributed by atoms with Crippen molar-refractivity contribution in [3.05, 3.63) is 11.5 Å². The molecular weight excluding hydrogens is 240 g/mol. The number of amides is 1. The number of hydrogen-bond donors (Lipinski definition) is 2. The predicted octanol–water partition coefficient (Wildman–Crippen LogP) is -0.0692. The maximum absolute atomic E-state index is 12.1. The molecule has 96 valence electrons. The number of sulfone groups is 1. The average molecular weight is 258 g/mol. The molecule has 1 heterocycles. The Morgan fingerprint density at radius 3 is 2.71 bits per heavy atom. The van der Waals surface area contributed by atoms with Crippen molar-refractivity contribution in [1.82, 2.24) is 5.32 Å². The van der Waals surface area contributed by atoms with Crippen LogP contribution in [0.4, 0.5) is 0 Å². The lowest BCUT2D eigenvalue weighted by atomic mass is 9.84. The van der Waals surface area contributed by atoms with Crippen molar-refractivity contribution in [3.63, 3.8) is 0 Å². The molecule has 0 spiro atoms. The van der Waals surface area contributed by atoms with E-state index in [9.17, 15) is 13.2 Å². The second kappa shape index (κ2) is 4.10. The van der Waals surface area contributed by atoms with Crippen LogP contribution < -0.4 is 11.1 Å². The Balaban J connectivity index is 2.01. The molecule has 3 unspecified atom stereocenters. The highest BCUT2D eigenvalue weighted by molar-refractivity contribution is 7.94. The van der Waals surface area contributed by atoms with Crippen molar-refractivity contribution >= 4 is 15.7 Å². The molecule has 1 amide bonds. The maximum Gasteiger partial charge on any atom is 0.227 e. The van der Waals surface area contributed by atoms with Gasteiger partial charge in [-0.2, -0.15) is 0 Å². The van der Waals surface area contributed by atoms with Gasteiger partial charge in [0, 0.05) is 11.4 Å². The van der Waals surface area contributed by atoms with Crippen LogP contribution in [0.5, 0.6) is 0 Å². The fraction of sp³-hybridized carbons (Fsp3) is 0.727. The minimum atomic E-state index is -3.12. The third-order valence-electron chi connectivity index (χ3n) is 3.79. The molecule has 0 radical (unpaired) electrons. The van der Waals surface area contributed by atoms with E-state index >= 15 is 0 Å². The molecule has 0 aromatic rings. The second-order valence-corrected chi connectivity index (χ2v) is 7.09. The summed E-state index contributed by atoms with van der Waals surface area (Å²) in [5.41, 5.74) is 5.39. The second-order valence-electron chi connectivity index (χ2n) is 5.15. The van der Waals surface area contributed by atoms with Gasteiger partial charge >= 0.3 is 0 Å². The van der Waals surface area contributed by atoms with Crippen LogP contribution in [0.3, 0.4) is 0 Å². The molecule has 17 heavy (non-hydrogen) atoms. The van der Waals surface area contributed by atoms with Crippen LogP contribution in [0.15, 0.2) is 11.5 Å². The molecule has 3 atom stereocenters. The standard InChI is InChI=1S/C11H18N2O3S/c1-11(5-2-3-9(11)12)10(14)13-8-4-6-17(15,16)7-8/h4,6,8-9H,2-3,5,7,12H2,1H3,(H,13,14). The molecule has 6 heteroatoms. The minimum absolute atomic E-state index is 0.0376. The molecule has 0 aromatic carbocycles. The summed E-state index contributed by atoms with van der Waals surface area (Å²) in [7, 11) is -3.12. The fourth-order valence-electron chi connectivity index (χ4n) is 2.47. The van der Waals surface area contributed by atoms with Gasteiger partial charge in [0.05, 0.1) is 17.2 Å². The molecular formula is C11H18N2O3S. The molecule has 5 nitrogen and oxygen atoms in total. The monoisotopic (exact) mass is 258 g/mol. The van der Waals surface area contributed by atoms with Crippen LogP contribution in [0, 0.1) is 5.41 Å². The van der Waals surface area contributed by atoms with Gasteiger partial charge in [-0.05, 0) is 25.8 Å². The zero-order valence-electron chi connectivity index (χ0n) is 9.85. The number of nitrogens with two attached hydrogens (primary N) is 1. The van der Waals surface area contributed by atoms with Crippen molar-refractivity contribution in [3.8, 4) is 0 Å². The van der Waals surface area contributed by atoms with Gasteiger partial charge in [-0.25, -0.2) is 8.42 Å². The van der Waals surface area contributed by atoms with Gasteiger partial charge in [-0.15, -0.1) is 0 Å². The summed E-state index contributed by atoms with van der Waals surface area (Å²) >= 11 is 0. The summed E-state index contributed by atoms with van der Waals surface area (Å²) in [6, 6.07) is -0.540. The van der Waals surface area contributed by atoms with Crippen LogP contribution in [0.1, 0.15) is 26.2 Å². The normalized spacial score (nSPS) is 39.4. The van der Waals surface area contributed by atoms with E-state index in [1.165, 1.54) is 6.08 Å². The van der Waals surface area contributed by atoms with Crippen molar-refractivity contribution in [2.75, 3.05) is 5.75 Å². The van der Waals surface area contributed by atoms with E-state index in [4.69, 9.17) is 5.73 Å². The van der Waals surface area contributed by atoms with Crippen LogP contribution >= 0.6 is 0 Å². The van der Waals surface area contributed by atoms with E-state index in [1.807, 2.05) is 6.92 Å². The van der Waals surface area contributed by atoms with Crippen molar-refractivity contribution in [2.45, 2.75) is 38.3 Å². The van der Waals surface area contributed by atoms with E-state index in [0.717, 1.165) is 24.7 Å². The Kier molecular flexibility index (Phi) is 3.03. The first-order valence-electron chi connectivity index (χ1n) is 5.81. The van der Waals surface area contributed by atoms with Gasteiger partial charge in [-0.3, -0.25) is 4.79 Å². The molecule has 1 aliphatic heterocycles. The third-order valence-corrected chi connectivity index (χ3v) is 5.19. The number of carbonyl (C=O) groups is 1. The lowest BCUT2D eigenvalue weighted by Gasteiger charge is -2.28. The number of rotatable bonds is 2. The van der Waals surface area contributed by atoms with E-state index < -0.39 is 21.3 Å². The SMILES string of the molecule is CC1(C(=O)NC2C=CS(=O)(=O)C2)CCCC1N. The Morgan fingerprint density at radius 1 is 1.53 bits per heavy atom. The molecule has 1 fully saturated rings. The van der Waals surface area contributed by atoms with Crippen LogP contribution in [0.25, 0.3) is 0 Å². The van der Waals surface area contributed by atoms with E-state index in [2.05, 4.69) is 5.32 Å². The van der Waals surface area contributed by atoms with Crippen molar-refractivity contribution in [2.24, 2.45) is 11.1 Å². The first-order chi connectivity index (χ1) is 7.83. The predicted molar refractivity (Wildman–Crippen MR) is 64.8 cm³/mol. The van der Waals surface area contributed by atoms with Gasteiger partial charge in [0.1, 0.15) is 0 Å². The summed E-state index contributed by atoms with van der Waals surface area (Å²) < 4.78 is 22.5. The summed E-state index contributed by atoms with van der Waals surface area (Å²) in [5.74, 6) is -0.168. The summed E-state index contributed by atoms with van der Waals surface area (Å²) in [6.07, 6.45) is 4.09. The van der Waals surface area contributed by atoms with E-state index in [1.54, 1.807) is 0 Å². The smallest absolute Gasteiger partial charge is 0.227 e. The number of carbonyl (C=O) groups excluding carboxylic acids is 1. The van der Waals surface area contributed by atoms with Gasteiger partial charge in [0.25, 0.3) is 0 Å². The largest absolute Gasteiger partial charge is 0.348 e. The van der Waals surface area contributed by atoms with Gasteiger partial charge in [-0.1, -0.05) is 6.42 Å². The van der Waals surface area contributed by atoms with Crippen LogP contribution in [-0.2, 0) is 14.6 Å². The zero-order chi connectivity index (χ0) is 12.7. The Bertz CT molecular complexity index is 457. The Morgan fingerprint density at radius 2 is 2.24 bits per heavy atom. The lowest BCUT2D eigenvalue weighted by Crippen LogP contribution is -2.50. The summed E-state index contributed by atoms with van der Waals surface area (Å²) in [4.78, 5) is 12.1. The highest BCUT2D eigenvalue weighted by Crippen LogP contribution is 2.37. The van der Waals surface area contributed by atoms with Crippen LogP contribution in [0.2, 0.25) is 0 Å². The third kappa shape index (κ3) is 2.37. The number of nitrogens with one attached hydrogen (secondary N) is 1. The van der Waals surface area contributed by atoms with E-state index in [0.29, 0.717) is 0 Å². The van der Waals surface area contributed by atoms with Gasteiger partial charge in [0.15, 0.2) is 9.84 Å². The van der Waals surface area contributed by atoms with Gasteiger partial charge in [0.2, 0.25) is 5.91 Å². The maximum atomic E-state index is 12.1. The topological polar surface area (TPSA) is 89.3 Å². The number of hydrogen-bond acceptors (Lipinski definition) is 4. The highest BCUT2D eigenvalue weighted by Gasteiger charge is 2.43. The quantitative estimate of drug-likeness (QED) is 0.725.